The van der Waals surface area contributed by atoms with Gasteiger partial charge in [0.15, 0.2) is 0 Å². The number of pyridine rings is 7. The third-order valence-corrected chi connectivity index (χ3v) is 15.7. The molecule has 12 aromatic rings. The van der Waals surface area contributed by atoms with Gasteiger partial charge in [-0.15, -0.1) is 0 Å². The largest absolute Gasteiger partial charge is 0.481 e. The first kappa shape index (κ1) is 69.8. The van der Waals surface area contributed by atoms with Crippen LogP contribution in [-0.4, -0.2) is 77.4 Å². The number of ether oxygens (including phenoxy) is 1. The minimum absolute atomic E-state index is 0.159. The van der Waals surface area contributed by atoms with E-state index in [-0.39, 0.29) is 52.1 Å². The highest BCUT2D eigenvalue weighted by atomic mass is 35.5. The van der Waals surface area contributed by atoms with Crippen molar-refractivity contribution in [2.75, 3.05) is 28.4 Å². The van der Waals surface area contributed by atoms with Gasteiger partial charge in [-0.05, 0) is 164 Å². The molecule has 6 amide bonds. The average Bonchev–Trinajstić information content (AvgIpc) is 1.23. The molecular formula is C75H57Cl4N13O7. The number of anilines is 4. The Hall–Kier alpha value is -12.1. The van der Waals surface area contributed by atoms with Crippen molar-refractivity contribution in [2.45, 2.75) is 20.0 Å². The summed E-state index contributed by atoms with van der Waals surface area (Å²) in [5.41, 5.74) is 10.6. The Morgan fingerprint density at radius 3 is 1.30 bits per heavy atom. The summed E-state index contributed by atoms with van der Waals surface area (Å²) in [7, 11) is 1.51. The number of benzene rings is 5. The summed E-state index contributed by atoms with van der Waals surface area (Å²) in [6.45, 7) is 2.58. The molecule has 6 N–H and O–H groups in total. The molecule has 0 saturated carbocycles. The Morgan fingerprint density at radius 1 is 0.374 bits per heavy atom. The lowest BCUT2D eigenvalue weighted by atomic mass is 10.1. The van der Waals surface area contributed by atoms with Crippen LogP contribution in [0.15, 0.2) is 250 Å². The molecule has 12 rings (SSSR count). The van der Waals surface area contributed by atoms with Gasteiger partial charge in [0.2, 0.25) is 5.88 Å². The molecule has 99 heavy (non-hydrogen) atoms. The van der Waals surface area contributed by atoms with E-state index in [1.165, 1.54) is 56.0 Å². The Morgan fingerprint density at radius 2 is 0.848 bits per heavy atom. The number of rotatable bonds is 18. The van der Waals surface area contributed by atoms with E-state index >= 15 is 0 Å². The minimum atomic E-state index is -0.424. The number of nitrogens with one attached hydrogen (secondary N) is 6. The highest BCUT2D eigenvalue weighted by Crippen LogP contribution is 2.33. The average molecular weight is 1390 g/mol. The normalized spacial score (nSPS) is 10.4. The highest BCUT2D eigenvalue weighted by Gasteiger charge is 2.19. The second-order valence-corrected chi connectivity index (χ2v) is 22.9. The maximum Gasteiger partial charge on any atom is 0.274 e. The highest BCUT2D eigenvalue weighted by molar-refractivity contribution is 6.35. The zero-order valence-electron chi connectivity index (χ0n) is 52.6. The first-order chi connectivity index (χ1) is 48.0. The van der Waals surface area contributed by atoms with Gasteiger partial charge < -0.3 is 36.6 Å². The van der Waals surface area contributed by atoms with Crippen LogP contribution >= 0.6 is 46.4 Å². The van der Waals surface area contributed by atoms with Gasteiger partial charge in [-0.2, -0.15) is 0 Å². The van der Waals surface area contributed by atoms with Crippen LogP contribution in [0, 0.1) is 6.92 Å². The summed E-state index contributed by atoms with van der Waals surface area (Å²) in [5, 5.41) is 18.5. The molecule has 0 saturated heterocycles. The van der Waals surface area contributed by atoms with Crippen molar-refractivity contribution in [3.8, 4) is 39.7 Å². The maximum absolute atomic E-state index is 12.8. The zero-order valence-corrected chi connectivity index (χ0v) is 55.6. The lowest BCUT2D eigenvalue weighted by molar-refractivity contribution is 0.0939. The molecule has 0 radical (unpaired) electrons. The van der Waals surface area contributed by atoms with Crippen molar-refractivity contribution in [3.05, 3.63) is 320 Å². The maximum atomic E-state index is 12.8. The molecule has 492 valence electrons. The number of hydrogen-bond acceptors (Lipinski definition) is 14. The number of amides is 6. The van der Waals surface area contributed by atoms with E-state index in [4.69, 9.17) is 51.1 Å². The molecule has 0 spiro atoms. The predicted molar refractivity (Wildman–Crippen MR) is 384 cm³/mol. The number of nitrogens with zero attached hydrogens (tertiary/aromatic N) is 7. The smallest absolute Gasteiger partial charge is 0.274 e. The Bertz CT molecular complexity index is 4840. The number of carbonyl (C=O) groups is 6. The van der Waals surface area contributed by atoms with Crippen LogP contribution in [-0.2, 0) is 13.1 Å². The Balaban J connectivity index is 0.000000161. The lowest BCUT2D eigenvalue weighted by Gasteiger charge is -2.11. The van der Waals surface area contributed by atoms with Crippen molar-refractivity contribution in [3.63, 3.8) is 0 Å². The molecule has 7 aromatic heterocycles. The first-order valence-electron chi connectivity index (χ1n) is 30.2. The van der Waals surface area contributed by atoms with Gasteiger partial charge in [-0.3, -0.25) is 58.7 Å². The molecule has 0 aliphatic heterocycles. The van der Waals surface area contributed by atoms with Crippen LogP contribution in [0.3, 0.4) is 0 Å². The van der Waals surface area contributed by atoms with Crippen LogP contribution in [0.5, 0.6) is 5.88 Å². The van der Waals surface area contributed by atoms with Gasteiger partial charge in [0, 0.05) is 88.6 Å². The molecule has 24 heteroatoms. The summed E-state index contributed by atoms with van der Waals surface area (Å²) in [6, 6.07) is 61.2. The lowest BCUT2D eigenvalue weighted by Crippen LogP contribution is -2.24. The molecule has 0 aliphatic carbocycles. The second kappa shape index (κ2) is 34.0. The van der Waals surface area contributed by atoms with Crippen molar-refractivity contribution in [1.82, 2.24) is 45.5 Å². The Labute approximate surface area is 588 Å². The summed E-state index contributed by atoms with van der Waals surface area (Å²) < 4.78 is 4.99. The number of carbonyl (C=O) groups excluding carboxylic acids is 6. The second-order valence-electron chi connectivity index (χ2n) is 21.3. The molecular weight excluding hydrogens is 1340 g/mol. The number of aromatic nitrogens is 7. The number of halogens is 4. The van der Waals surface area contributed by atoms with Gasteiger partial charge >= 0.3 is 0 Å². The molecule has 0 unspecified atom stereocenters. The molecule has 0 aliphatic rings. The SMILES string of the molecule is COc1ccc(NC(=O)c2ccc(C(=O)Nc3ccc(Cl)c(-c4ccccn4)c3)cn2)cn1.Cc1cccc(CNC(=O)c2ccc(C(=O)Nc3ccc(Cl)c(-c4ccccn4)c3)c(Cl)c2)n1.O=C(Nc1ccc(Cl)c(-c2ccccn2)c1)c1ccc(C(=O)NCc2ccccc2)nc1. The molecule has 0 bridgehead atoms. The van der Waals surface area contributed by atoms with Gasteiger partial charge in [0.05, 0.1) is 85.1 Å². The van der Waals surface area contributed by atoms with Crippen molar-refractivity contribution >= 4 is 105 Å². The van der Waals surface area contributed by atoms with Crippen LogP contribution in [0.2, 0.25) is 20.1 Å². The summed E-state index contributed by atoms with van der Waals surface area (Å²) >= 11 is 25.2. The standard InChI is InChI=1S/C26H20Cl2N4O2.C25H19ClN4O2.C24H18ClN5O3/c1-16-5-4-6-19(31-16)15-30-25(33)17-8-10-20(23(28)13-17)26(34)32-18-9-11-22(27)21(14-18)24-7-2-3-12-29-24;26-21-11-10-19(14-20(21)22-8-4-5-13-27-22)30-24(31)18-9-12-23(28-16-18)25(32)29-15-17-6-2-1-3-7-17;1-33-22-10-7-17(14-28-22)30-24(32)21-9-5-15(13-27-21)23(31)29-16-6-8-19(25)18(12-16)20-4-2-3-11-26-20/h2-14H,15H2,1H3,(H,30,33)(H,32,34);1-14,16H,15H2,(H,29,32)(H,30,31);2-14H,1H3,(H,29,31)(H,30,32). The van der Waals surface area contributed by atoms with E-state index in [1.807, 2.05) is 110 Å². The molecule has 20 nitrogen and oxygen atoms in total. The van der Waals surface area contributed by atoms with Crippen LogP contribution in [0.4, 0.5) is 22.7 Å². The first-order valence-corrected chi connectivity index (χ1v) is 31.7. The van der Waals surface area contributed by atoms with E-state index < -0.39 is 11.8 Å². The topological polar surface area (TPSA) is 274 Å². The quantitative estimate of drug-likeness (QED) is 0.0466. The monoisotopic (exact) mass is 1390 g/mol. The minimum Gasteiger partial charge on any atom is -0.481 e. The van der Waals surface area contributed by atoms with E-state index in [2.05, 4.69) is 66.8 Å². The van der Waals surface area contributed by atoms with Gasteiger partial charge in [0.25, 0.3) is 35.4 Å². The zero-order chi connectivity index (χ0) is 69.6. The van der Waals surface area contributed by atoms with E-state index in [0.29, 0.717) is 101 Å². The third kappa shape index (κ3) is 19.6. The van der Waals surface area contributed by atoms with Crippen LogP contribution in [0.1, 0.15) is 79.4 Å². The van der Waals surface area contributed by atoms with Crippen LogP contribution < -0.4 is 36.6 Å². The summed E-state index contributed by atoms with van der Waals surface area (Å²) in [4.78, 5) is 105. The molecule has 7 heterocycles. The van der Waals surface area contributed by atoms with Gasteiger partial charge in [0.1, 0.15) is 11.4 Å². The molecule has 5 aromatic carbocycles. The van der Waals surface area contributed by atoms with Crippen LogP contribution in [0.25, 0.3) is 33.8 Å². The molecule has 0 fully saturated rings. The summed E-state index contributed by atoms with van der Waals surface area (Å²) in [5.74, 6) is -1.73. The number of methoxy groups -OCH3 is 1. The predicted octanol–water partition coefficient (Wildman–Crippen LogP) is 15.6. The third-order valence-electron chi connectivity index (χ3n) is 14.4. The fourth-order valence-electron chi connectivity index (χ4n) is 9.34. The fraction of sp³-hybridized carbons (Fsp3) is 0.0533. The summed E-state index contributed by atoms with van der Waals surface area (Å²) in [6.07, 6.45) is 9.22. The number of aryl methyl sites for hydroxylation is 1. The van der Waals surface area contributed by atoms with E-state index in [0.717, 1.165) is 17.0 Å². The number of hydrogen-bond donors (Lipinski definition) is 6. The van der Waals surface area contributed by atoms with Gasteiger partial charge in [-0.25, -0.2) is 4.98 Å². The van der Waals surface area contributed by atoms with Crippen molar-refractivity contribution in [2.24, 2.45) is 0 Å². The van der Waals surface area contributed by atoms with Crippen molar-refractivity contribution in [1.29, 1.82) is 0 Å². The Kier molecular flexibility index (Phi) is 24.0. The molecule has 0 atom stereocenters. The van der Waals surface area contributed by atoms with E-state index in [1.54, 1.807) is 97.5 Å². The van der Waals surface area contributed by atoms with Crippen molar-refractivity contribution < 1.29 is 33.5 Å². The van der Waals surface area contributed by atoms with E-state index in [9.17, 15) is 28.8 Å². The fourth-order valence-corrected chi connectivity index (χ4v) is 10.3. The van der Waals surface area contributed by atoms with Gasteiger partial charge in [-0.1, -0.05) is 101 Å².